The van der Waals surface area contributed by atoms with E-state index in [4.69, 9.17) is 4.74 Å². The molecule has 1 amide bonds. The van der Waals surface area contributed by atoms with Crippen LogP contribution in [0.5, 0.6) is 0 Å². The summed E-state index contributed by atoms with van der Waals surface area (Å²) in [4.78, 5) is 24.4. The van der Waals surface area contributed by atoms with Crippen LogP contribution in [0.1, 0.15) is 43.1 Å². The zero-order chi connectivity index (χ0) is 17.0. The number of hydrogen-bond donors (Lipinski definition) is 1. The highest BCUT2D eigenvalue weighted by atomic mass is 16.5. The molecule has 1 aliphatic carbocycles. The first-order chi connectivity index (χ1) is 10.9. The highest BCUT2D eigenvalue weighted by molar-refractivity contribution is 6.03. The lowest BCUT2D eigenvalue weighted by Gasteiger charge is -2.38. The van der Waals surface area contributed by atoms with E-state index in [0.717, 1.165) is 12.0 Å². The number of carbonyl (C=O) groups excluding carboxylic acids is 2. The minimum atomic E-state index is -1.05. The molecule has 122 valence electrons. The Morgan fingerprint density at radius 2 is 1.65 bits per heavy atom. The second-order valence-electron chi connectivity index (χ2n) is 5.91. The van der Waals surface area contributed by atoms with Gasteiger partial charge in [-0.3, -0.25) is 9.59 Å². The third kappa shape index (κ3) is 3.59. The fourth-order valence-corrected chi connectivity index (χ4v) is 2.64. The summed E-state index contributed by atoms with van der Waals surface area (Å²) in [5.74, 6) is -0.309. The Hall–Kier alpha value is -2.20. The van der Waals surface area contributed by atoms with Crippen LogP contribution < -0.4 is 5.32 Å². The van der Waals surface area contributed by atoms with Crippen LogP contribution >= 0.6 is 0 Å². The van der Waals surface area contributed by atoms with E-state index < -0.39 is 5.72 Å². The monoisotopic (exact) mass is 313 g/mol. The normalized spacial score (nSPS) is 16.6. The Labute approximate surface area is 137 Å². The van der Waals surface area contributed by atoms with Crippen molar-refractivity contribution in [3.8, 4) is 0 Å². The van der Waals surface area contributed by atoms with Gasteiger partial charge in [-0.2, -0.15) is 0 Å². The van der Waals surface area contributed by atoms with Gasteiger partial charge in [0.25, 0.3) is 5.91 Å². The molecule has 23 heavy (non-hydrogen) atoms. The Balaban J connectivity index is 2.34. The lowest BCUT2D eigenvalue weighted by atomic mass is 9.89. The van der Waals surface area contributed by atoms with Gasteiger partial charge in [-0.1, -0.05) is 24.6 Å². The number of ether oxygens (including phenoxy) is 1. The quantitative estimate of drug-likeness (QED) is 0.848. The van der Waals surface area contributed by atoms with Crippen molar-refractivity contribution in [2.75, 3.05) is 6.61 Å². The van der Waals surface area contributed by atoms with Gasteiger partial charge in [0.2, 0.25) is 0 Å². The molecule has 4 nitrogen and oxygen atoms in total. The molecule has 0 heterocycles. The summed E-state index contributed by atoms with van der Waals surface area (Å²) in [7, 11) is 0. The van der Waals surface area contributed by atoms with Crippen LogP contribution in [-0.4, -0.2) is 24.0 Å². The number of aryl methyl sites for hydroxylation is 1. The smallest absolute Gasteiger partial charge is 0.253 e. The van der Waals surface area contributed by atoms with Crippen LogP contribution in [-0.2, 0) is 9.53 Å². The summed E-state index contributed by atoms with van der Waals surface area (Å²) < 4.78 is 5.99. The van der Waals surface area contributed by atoms with Crippen molar-refractivity contribution >= 4 is 11.7 Å². The fourth-order valence-electron chi connectivity index (χ4n) is 2.64. The Morgan fingerprint density at radius 3 is 2.17 bits per heavy atom. The summed E-state index contributed by atoms with van der Waals surface area (Å²) >= 11 is 0. The maximum absolute atomic E-state index is 12.6. The molecule has 2 rings (SSSR count). The zero-order valence-electron chi connectivity index (χ0n) is 14.1. The highest BCUT2D eigenvalue weighted by Crippen LogP contribution is 2.31. The van der Waals surface area contributed by atoms with Crippen molar-refractivity contribution in [1.29, 1.82) is 0 Å². The van der Waals surface area contributed by atoms with Gasteiger partial charge in [-0.05, 0) is 62.6 Å². The molecule has 0 spiro atoms. The standard InChI is InChI=1S/C19H23NO3/c1-5-10-23-19(14(3)11-17(21)12-15(19)4)20-18(22)16-8-6-13(2)7-9-16/h6-9,11-12H,5,10H2,1-4H3,(H,20,22). The van der Waals surface area contributed by atoms with Crippen LogP contribution in [0.3, 0.4) is 0 Å². The second kappa shape index (κ2) is 6.92. The number of hydrogen-bond acceptors (Lipinski definition) is 3. The van der Waals surface area contributed by atoms with Crippen molar-refractivity contribution in [3.63, 3.8) is 0 Å². The highest BCUT2D eigenvalue weighted by Gasteiger charge is 2.39. The first kappa shape index (κ1) is 17.2. The summed E-state index contributed by atoms with van der Waals surface area (Å²) in [5, 5.41) is 2.97. The number of amides is 1. The van der Waals surface area contributed by atoms with Gasteiger partial charge in [-0.15, -0.1) is 0 Å². The van der Waals surface area contributed by atoms with E-state index >= 15 is 0 Å². The van der Waals surface area contributed by atoms with E-state index in [1.165, 1.54) is 12.2 Å². The van der Waals surface area contributed by atoms with Gasteiger partial charge in [-0.25, -0.2) is 0 Å². The van der Waals surface area contributed by atoms with Gasteiger partial charge in [0.05, 0.1) is 0 Å². The maximum atomic E-state index is 12.6. The van der Waals surface area contributed by atoms with Crippen LogP contribution in [0.15, 0.2) is 47.6 Å². The predicted molar refractivity (Wildman–Crippen MR) is 90.1 cm³/mol. The van der Waals surface area contributed by atoms with E-state index in [-0.39, 0.29) is 11.7 Å². The molecule has 0 radical (unpaired) electrons. The molecule has 0 saturated carbocycles. The Morgan fingerprint density at radius 1 is 1.09 bits per heavy atom. The van der Waals surface area contributed by atoms with Crippen LogP contribution in [0.2, 0.25) is 0 Å². The molecular formula is C19H23NO3. The van der Waals surface area contributed by atoms with E-state index in [2.05, 4.69) is 5.32 Å². The molecule has 0 bridgehead atoms. The molecular weight excluding hydrogens is 290 g/mol. The number of allylic oxidation sites excluding steroid dienone is 2. The Bertz CT molecular complexity index is 646. The number of ketones is 1. The lowest BCUT2D eigenvalue weighted by Crippen LogP contribution is -2.54. The summed E-state index contributed by atoms with van der Waals surface area (Å²) in [6, 6.07) is 7.35. The molecule has 0 aliphatic heterocycles. The second-order valence-corrected chi connectivity index (χ2v) is 5.91. The average molecular weight is 313 g/mol. The SMILES string of the molecule is CCCOC1(NC(=O)c2ccc(C)cc2)C(C)=CC(=O)C=C1C. The molecule has 1 aliphatic rings. The number of benzene rings is 1. The van der Waals surface area contributed by atoms with Gasteiger partial charge in [0.15, 0.2) is 11.5 Å². The molecule has 4 heteroatoms. The first-order valence-corrected chi connectivity index (χ1v) is 7.83. The molecule has 0 aromatic heterocycles. The Kier molecular flexibility index (Phi) is 5.16. The third-order valence-electron chi connectivity index (χ3n) is 3.95. The van der Waals surface area contributed by atoms with Crippen molar-refractivity contribution in [3.05, 3.63) is 58.7 Å². The van der Waals surface area contributed by atoms with Gasteiger partial charge in [0.1, 0.15) is 0 Å². The molecule has 1 aromatic rings. The van der Waals surface area contributed by atoms with Crippen molar-refractivity contribution < 1.29 is 14.3 Å². The summed E-state index contributed by atoms with van der Waals surface area (Å²) in [6.07, 6.45) is 3.84. The molecule has 1 aromatic carbocycles. The third-order valence-corrected chi connectivity index (χ3v) is 3.95. The van der Waals surface area contributed by atoms with Crippen LogP contribution in [0.25, 0.3) is 0 Å². The van der Waals surface area contributed by atoms with Crippen molar-refractivity contribution in [2.24, 2.45) is 0 Å². The molecule has 0 fully saturated rings. The average Bonchev–Trinajstić information content (AvgIpc) is 2.50. The minimum absolute atomic E-state index is 0.0830. The predicted octanol–water partition coefficient (Wildman–Crippen LogP) is 3.32. The molecule has 1 N–H and O–H groups in total. The van der Waals surface area contributed by atoms with Crippen LogP contribution in [0, 0.1) is 6.92 Å². The van der Waals surface area contributed by atoms with Gasteiger partial charge in [0, 0.05) is 12.2 Å². The number of carbonyl (C=O) groups is 2. The van der Waals surface area contributed by atoms with E-state index in [1.54, 1.807) is 26.0 Å². The molecule has 0 saturated heterocycles. The number of rotatable bonds is 5. The number of nitrogens with one attached hydrogen (secondary N) is 1. The first-order valence-electron chi connectivity index (χ1n) is 7.83. The fraction of sp³-hybridized carbons (Fsp3) is 0.368. The summed E-state index contributed by atoms with van der Waals surface area (Å²) in [6.45, 7) is 8.07. The van der Waals surface area contributed by atoms with Gasteiger partial charge >= 0.3 is 0 Å². The summed E-state index contributed by atoms with van der Waals surface area (Å²) in [5.41, 5.74) is 1.99. The minimum Gasteiger partial charge on any atom is -0.348 e. The zero-order valence-corrected chi connectivity index (χ0v) is 14.1. The van der Waals surface area contributed by atoms with Crippen LogP contribution in [0.4, 0.5) is 0 Å². The van der Waals surface area contributed by atoms with Crippen molar-refractivity contribution in [1.82, 2.24) is 5.32 Å². The maximum Gasteiger partial charge on any atom is 0.253 e. The van der Waals surface area contributed by atoms with E-state index in [9.17, 15) is 9.59 Å². The van der Waals surface area contributed by atoms with Crippen molar-refractivity contribution in [2.45, 2.75) is 39.8 Å². The topological polar surface area (TPSA) is 55.4 Å². The largest absolute Gasteiger partial charge is 0.348 e. The molecule has 0 atom stereocenters. The van der Waals surface area contributed by atoms with Gasteiger partial charge < -0.3 is 10.1 Å². The lowest BCUT2D eigenvalue weighted by molar-refractivity contribution is -0.111. The van der Waals surface area contributed by atoms with E-state index in [1.807, 2.05) is 26.0 Å². The molecule has 0 unspecified atom stereocenters. The van der Waals surface area contributed by atoms with E-state index in [0.29, 0.717) is 23.3 Å².